The third-order valence-electron chi connectivity index (χ3n) is 7.74. The minimum atomic E-state index is -0.806. The molecule has 1 unspecified atom stereocenters. The van der Waals surface area contributed by atoms with Gasteiger partial charge in [0.15, 0.2) is 0 Å². The van der Waals surface area contributed by atoms with Gasteiger partial charge >= 0.3 is 5.97 Å². The smallest absolute Gasteiger partial charge is 0.320 e. The van der Waals surface area contributed by atoms with Crippen LogP contribution in [0.25, 0.3) is 11.1 Å². The summed E-state index contributed by atoms with van der Waals surface area (Å²) in [6.45, 7) is 7.66. The summed E-state index contributed by atoms with van der Waals surface area (Å²) in [5, 5.41) is 13.2. The number of ether oxygens (including phenoxy) is 2. The number of carboxylic acid groups (broad SMARTS) is 1. The lowest BCUT2D eigenvalue weighted by Crippen LogP contribution is -2.38. The van der Waals surface area contributed by atoms with Crippen molar-refractivity contribution >= 4 is 17.7 Å². The van der Waals surface area contributed by atoms with Crippen LogP contribution in [0.4, 0.5) is 0 Å². The Balaban J connectivity index is 1.59. The molecule has 40 heavy (non-hydrogen) atoms. The fourth-order valence-electron chi connectivity index (χ4n) is 5.42. The van der Waals surface area contributed by atoms with Crippen molar-refractivity contribution in [1.82, 2.24) is 5.32 Å². The highest BCUT2D eigenvalue weighted by atomic mass is 32.2. The van der Waals surface area contributed by atoms with E-state index in [-0.39, 0.29) is 12.1 Å². The molecule has 0 fully saturated rings. The van der Waals surface area contributed by atoms with Crippen molar-refractivity contribution in [2.45, 2.75) is 77.7 Å². The molecule has 0 radical (unpaired) electrons. The number of carbonyl (C=O) groups is 1. The monoisotopic (exact) mass is 561 g/mol. The molecule has 3 atom stereocenters. The quantitative estimate of drug-likeness (QED) is 0.197. The van der Waals surface area contributed by atoms with Gasteiger partial charge in [-0.05, 0) is 95.8 Å². The number of benzene rings is 3. The maximum atomic E-state index is 11.9. The first-order valence-electron chi connectivity index (χ1n) is 14.4. The van der Waals surface area contributed by atoms with Crippen LogP contribution in [0, 0.1) is 6.92 Å². The topological polar surface area (TPSA) is 67.8 Å². The third kappa shape index (κ3) is 7.68. The molecule has 0 saturated heterocycles. The van der Waals surface area contributed by atoms with Crippen molar-refractivity contribution in [1.29, 1.82) is 0 Å². The average Bonchev–Trinajstić information content (AvgIpc) is 3.43. The molecule has 0 saturated carbocycles. The number of carboxylic acids is 1. The minimum absolute atomic E-state index is 0.0285. The molecule has 214 valence electrons. The number of unbranched alkanes of at least 4 members (excludes halogenated alkanes) is 1. The van der Waals surface area contributed by atoms with E-state index < -0.39 is 12.0 Å². The second kappa shape index (κ2) is 14.7. The van der Waals surface area contributed by atoms with Crippen molar-refractivity contribution in [2.24, 2.45) is 0 Å². The van der Waals surface area contributed by atoms with E-state index in [0.29, 0.717) is 13.0 Å². The average molecular weight is 562 g/mol. The van der Waals surface area contributed by atoms with Crippen LogP contribution in [0.3, 0.4) is 0 Å². The first-order chi connectivity index (χ1) is 19.4. The van der Waals surface area contributed by atoms with Crippen LogP contribution in [0.1, 0.15) is 79.5 Å². The molecule has 3 aromatic carbocycles. The first-order valence-corrected chi connectivity index (χ1v) is 15.8. The highest BCUT2D eigenvalue weighted by molar-refractivity contribution is 7.98. The lowest BCUT2D eigenvalue weighted by Gasteiger charge is -2.24. The molecular weight excluding hydrogens is 518 g/mol. The zero-order valence-electron chi connectivity index (χ0n) is 24.2. The largest absolute Gasteiger partial charge is 0.493 e. The van der Waals surface area contributed by atoms with Gasteiger partial charge in [0.2, 0.25) is 0 Å². The predicted octanol–water partition coefficient (Wildman–Crippen LogP) is 7.90. The number of hydrogen-bond acceptors (Lipinski definition) is 5. The Morgan fingerprint density at radius 3 is 2.67 bits per heavy atom. The molecule has 5 nitrogen and oxygen atoms in total. The Hall–Kier alpha value is -2.80. The highest BCUT2D eigenvalue weighted by Gasteiger charge is 2.23. The van der Waals surface area contributed by atoms with Crippen LogP contribution >= 0.6 is 11.8 Å². The molecule has 1 aliphatic rings. The van der Waals surface area contributed by atoms with Crippen LogP contribution in [0.5, 0.6) is 5.75 Å². The second-order valence-electron chi connectivity index (χ2n) is 10.7. The second-order valence-corrected chi connectivity index (χ2v) is 11.7. The molecule has 0 aliphatic carbocycles. The van der Waals surface area contributed by atoms with Gasteiger partial charge < -0.3 is 14.6 Å². The number of nitrogens with one attached hydrogen (secondary N) is 1. The van der Waals surface area contributed by atoms with Crippen molar-refractivity contribution in [3.05, 3.63) is 88.5 Å². The highest BCUT2D eigenvalue weighted by Crippen LogP contribution is 2.35. The lowest BCUT2D eigenvalue weighted by molar-refractivity contribution is -0.139. The fraction of sp³-hybridized carbons (Fsp3) is 0.441. The molecule has 1 heterocycles. The maximum Gasteiger partial charge on any atom is 0.320 e. The van der Waals surface area contributed by atoms with Crippen LogP contribution in [0.15, 0.2) is 60.7 Å². The van der Waals surface area contributed by atoms with E-state index in [1.807, 2.05) is 6.26 Å². The van der Waals surface area contributed by atoms with Gasteiger partial charge in [-0.15, -0.1) is 0 Å². The van der Waals surface area contributed by atoms with Crippen molar-refractivity contribution < 1.29 is 19.4 Å². The van der Waals surface area contributed by atoms with Crippen LogP contribution < -0.4 is 10.1 Å². The molecule has 6 heteroatoms. The standard InChI is InChI=1S/C34H43NO4S/c1-5-6-11-32(26-13-15-33-27(21-26)16-18-38-33)39-22-25-12-14-29(24(3)35-31(34(36)37)17-19-40-4)30(20-25)28-10-8-7-9-23(28)2/h7-10,12-15,20-21,24,31-32,35H,5-6,11,16-19,22H2,1-4H3,(H,36,37)/t24?,31-,32-/m0/s1. The summed E-state index contributed by atoms with van der Waals surface area (Å²) in [6.07, 6.45) is 6.78. The van der Waals surface area contributed by atoms with E-state index >= 15 is 0 Å². The summed E-state index contributed by atoms with van der Waals surface area (Å²) in [5.41, 5.74) is 8.15. The Kier molecular flexibility index (Phi) is 11.1. The SMILES string of the molecule is CCCC[C@H](OCc1ccc(C(C)N[C@@H](CCSC)C(=O)O)c(-c2ccccc2C)c1)c1ccc2c(c1)CCO2. The zero-order chi connectivity index (χ0) is 28.5. The maximum absolute atomic E-state index is 11.9. The molecular formula is C34H43NO4S. The van der Waals surface area contributed by atoms with Gasteiger partial charge in [-0.2, -0.15) is 11.8 Å². The minimum Gasteiger partial charge on any atom is -0.493 e. The van der Waals surface area contributed by atoms with Gasteiger partial charge in [-0.25, -0.2) is 0 Å². The Morgan fingerprint density at radius 1 is 1.10 bits per heavy atom. The van der Waals surface area contributed by atoms with E-state index in [0.717, 1.165) is 66.0 Å². The molecule has 0 amide bonds. The molecule has 3 aromatic rings. The number of aryl methyl sites for hydroxylation is 1. The van der Waals surface area contributed by atoms with Gasteiger partial charge in [-0.3, -0.25) is 10.1 Å². The van der Waals surface area contributed by atoms with Crippen LogP contribution in [-0.2, 0) is 22.6 Å². The zero-order valence-corrected chi connectivity index (χ0v) is 25.1. The first kappa shape index (κ1) is 30.2. The van der Waals surface area contributed by atoms with Gasteiger partial charge in [0.25, 0.3) is 0 Å². The number of aliphatic carboxylic acids is 1. The predicted molar refractivity (Wildman–Crippen MR) is 165 cm³/mol. The molecule has 2 N–H and O–H groups in total. The third-order valence-corrected chi connectivity index (χ3v) is 8.38. The van der Waals surface area contributed by atoms with E-state index in [9.17, 15) is 9.90 Å². The summed E-state index contributed by atoms with van der Waals surface area (Å²) in [6, 6.07) is 20.6. The number of rotatable bonds is 15. The summed E-state index contributed by atoms with van der Waals surface area (Å²) in [4.78, 5) is 11.9. The fourth-order valence-corrected chi connectivity index (χ4v) is 5.90. The van der Waals surface area contributed by atoms with Gasteiger partial charge in [0, 0.05) is 12.5 Å². The lowest BCUT2D eigenvalue weighted by atomic mass is 9.91. The van der Waals surface area contributed by atoms with Gasteiger partial charge in [-0.1, -0.05) is 62.2 Å². The Bertz CT molecular complexity index is 1280. The van der Waals surface area contributed by atoms with Crippen molar-refractivity contribution in [2.75, 3.05) is 18.6 Å². The number of hydrogen-bond donors (Lipinski definition) is 2. The molecule has 0 aromatic heterocycles. The van der Waals surface area contributed by atoms with Crippen molar-refractivity contribution in [3.8, 4) is 16.9 Å². The molecule has 4 rings (SSSR count). The van der Waals surface area contributed by atoms with Crippen molar-refractivity contribution in [3.63, 3.8) is 0 Å². The summed E-state index contributed by atoms with van der Waals surface area (Å²) in [5.74, 6) is 0.992. The summed E-state index contributed by atoms with van der Waals surface area (Å²) in [7, 11) is 0. The summed E-state index contributed by atoms with van der Waals surface area (Å²) < 4.78 is 12.3. The van der Waals surface area contributed by atoms with Gasteiger partial charge in [0.1, 0.15) is 11.8 Å². The van der Waals surface area contributed by atoms with Crippen LogP contribution in [0.2, 0.25) is 0 Å². The summed E-state index contributed by atoms with van der Waals surface area (Å²) >= 11 is 1.67. The van der Waals surface area contributed by atoms with E-state index in [1.54, 1.807) is 11.8 Å². The van der Waals surface area contributed by atoms with Gasteiger partial charge in [0.05, 0.1) is 19.3 Å². The van der Waals surface area contributed by atoms with E-state index in [2.05, 4.69) is 86.8 Å². The van der Waals surface area contributed by atoms with E-state index in [4.69, 9.17) is 9.47 Å². The Morgan fingerprint density at radius 2 is 1.93 bits per heavy atom. The molecule has 0 spiro atoms. The molecule has 0 bridgehead atoms. The van der Waals surface area contributed by atoms with Crippen LogP contribution in [-0.4, -0.2) is 35.7 Å². The number of fused-ring (bicyclic) bond motifs is 1. The number of thioether (sulfide) groups is 1. The normalized spacial score (nSPS) is 14.8. The molecule has 1 aliphatic heterocycles. The van der Waals surface area contributed by atoms with E-state index in [1.165, 1.54) is 16.7 Å². The Labute approximate surface area is 243 Å².